The number of aryl methyl sites for hydroxylation is 1. The average molecular weight is 440 g/mol. The molecule has 0 unspecified atom stereocenters. The molecule has 130 valence electrons. The number of hydrogen-bond donors (Lipinski definition) is 2. The summed E-state index contributed by atoms with van der Waals surface area (Å²) in [5, 5.41) is 6.57. The van der Waals surface area contributed by atoms with Crippen LogP contribution in [0.4, 0.5) is 0 Å². The number of aromatic nitrogens is 1. The van der Waals surface area contributed by atoms with Crippen molar-refractivity contribution in [2.45, 2.75) is 26.9 Å². The predicted octanol–water partition coefficient (Wildman–Crippen LogP) is 3.27. The highest BCUT2D eigenvalue weighted by molar-refractivity contribution is 14.0. The third-order valence-electron chi connectivity index (χ3n) is 3.44. The topological polar surface area (TPSA) is 58.5 Å². The van der Waals surface area contributed by atoms with Crippen LogP contribution >= 0.6 is 24.0 Å². The van der Waals surface area contributed by atoms with Crippen LogP contribution in [-0.2, 0) is 13.1 Å². The van der Waals surface area contributed by atoms with Gasteiger partial charge in [-0.3, -0.25) is 4.98 Å². The van der Waals surface area contributed by atoms with E-state index in [9.17, 15) is 0 Å². The van der Waals surface area contributed by atoms with Crippen molar-refractivity contribution in [3.8, 4) is 5.75 Å². The molecular weight excluding hydrogens is 415 g/mol. The van der Waals surface area contributed by atoms with Gasteiger partial charge in [-0.1, -0.05) is 18.2 Å². The zero-order chi connectivity index (χ0) is 16.5. The van der Waals surface area contributed by atoms with Crippen LogP contribution in [0, 0.1) is 6.92 Å². The van der Waals surface area contributed by atoms with Crippen LogP contribution in [0.25, 0.3) is 0 Å². The third kappa shape index (κ3) is 6.35. The molecule has 1 heterocycles. The number of hydrogen-bond acceptors (Lipinski definition) is 3. The summed E-state index contributed by atoms with van der Waals surface area (Å²) in [5.41, 5.74) is 3.30. The highest BCUT2D eigenvalue weighted by Gasteiger charge is 2.02. The van der Waals surface area contributed by atoms with Crippen molar-refractivity contribution in [1.29, 1.82) is 0 Å². The van der Waals surface area contributed by atoms with Gasteiger partial charge in [0.15, 0.2) is 5.96 Å². The third-order valence-corrected chi connectivity index (χ3v) is 3.44. The second-order valence-corrected chi connectivity index (χ2v) is 5.17. The quantitative estimate of drug-likeness (QED) is 0.411. The van der Waals surface area contributed by atoms with E-state index in [2.05, 4.69) is 40.5 Å². The zero-order valence-electron chi connectivity index (χ0n) is 14.4. The lowest BCUT2D eigenvalue weighted by Crippen LogP contribution is -2.37. The highest BCUT2D eigenvalue weighted by atomic mass is 127. The van der Waals surface area contributed by atoms with Crippen molar-refractivity contribution < 1.29 is 4.74 Å². The number of aliphatic imine (C=N–C) groups is 1. The summed E-state index contributed by atoms with van der Waals surface area (Å²) in [7, 11) is 1.67. The van der Waals surface area contributed by atoms with Crippen LogP contribution in [0.3, 0.4) is 0 Å². The van der Waals surface area contributed by atoms with E-state index in [1.807, 2.05) is 36.5 Å². The molecule has 0 aliphatic carbocycles. The standard InChI is InChI=1S/C18H24N4O.HI/c1-4-19-18(22-13-17-14(2)7-6-10-20-17)21-12-15-8-5-9-16(11-15)23-3;/h5-11H,4,12-13H2,1-3H3,(H2,19,21,22);1H. The molecule has 0 fully saturated rings. The van der Waals surface area contributed by atoms with E-state index in [0.717, 1.165) is 29.5 Å². The van der Waals surface area contributed by atoms with Crippen molar-refractivity contribution in [1.82, 2.24) is 15.6 Å². The molecule has 0 bridgehead atoms. The predicted molar refractivity (Wildman–Crippen MR) is 109 cm³/mol. The first-order chi connectivity index (χ1) is 11.2. The molecule has 5 nitrogen and oxygen atoms in total. The monoisotopic (exact) mass is 440 g/mol. The number of nitrogens with one attached hydrogen (secondary N) is 2. The van der Waals surface area contributed by atoms with Crippen LogP contribution in [0.1, 0.15) is 23.7 Å². The van der Waals surface area contributed by atoms with Gasteiger partial charge in [0.1, 0.15) is 5.75 Å². The Morgan fingerprint density at radius 1 is 1.21 bits per heavy atom. The Kier molecular flexibility index (Phi) is 9.14. The first-order valence-corrected chi connectivity index (χ1v) is 7.78. The Morgan fingerprint density at radius 3 is 2.75 bits per heavy atom. The maximum atomic E-state index is 5.24. The summed E-state index contributed by atoms with van der Waals surface area (Å²) < 4.78 is 5.24. The number of benzene rings is 1. The lowest BCUT2D eigenvalue weighted by Gasteiger charge is -2.12. The Bertz CT molecular complexity index is 661. The van der Waals surface area contributed by atoms with Crippen LogP contribution in [0.5, 0.6) is 5.75 Å². The molecule has 0 saturated carbocycles. The Balaban J connectivity index is 0.00000288. The van der Waals surface area contributed by atoms with Gasteiger partial charge in [-0.25, -0.2) is 4.99 Å². The maximum absolute atomic E-state index is 5.24. The van der Waals surface area contributed by atoms with Gasteiger partial charge in [-0.05, 0) is 43.2 Å². The number of pyridine rings is 1. The summed E-state index contributed by atoms with van der Waals surface area (Å²) in [5.74, 6) is 1.63. The van der Waals surface area contributed by atoms with Crippen molar-refractivity contribution in [3.63, 3.8) is 0 Å². The van der Waals surface area contributed by atoms with Crippen LogP contribution < -0.4 is 15.4 Å². The zero-order valence-corrected chi connectivity index (χ0v) is 16.7. The lowest BCUT2D eigenvalue weighted by atomic mass is 10.2. The molecular formula is C18H25IN4O. The SMILES string of the molecule is CCNC(=NCc1cccc(OC)c1)NCc1ncccc1C.I. The van der Waals surface area contributed by atoms with E-state index >= 15 is 0 Å². The number of ether oxygens (including phenoxy) is 1. The van der Waals surface area contributed by atoms with Gasteiger partial charge in [0.2, 0.25) is 0 Å². The summed E-state index contributed by atoms with van der Waals surface area (Å²) in [6, 6.07) is 11.9. The number of halogens is 1. The maximum Gasteiger partial charge on any atom is 0.191 e. The van der Waals surface area contributed by atoms with Gasteiger partial charge in [-0.2, -0.15) is 0 Å². The molecule has 0 atom stereocenters. The fourth-order valence-electron chi connectivity index (χ4n) is 2.15. The minimum Gasteiger partial charge on any atom is -0.497 e. The number of methoxy groups -OCH3 is 1. The fourth-order valence-corrected chi connectivity index (χ4v) is 2.15. The normalized spacial score (nSPS) is 10.7. The summed E-state index contributed by atoms with van der Waals surface area (Å²) in [6.07, 6.45) is 1.81. The molecule has 6 heteroatoms. The molecule has 1 aromatic heterocycles. The molecule has 0 spiro atoms. The fraction of sp³-hybridized carbons (Fsp3) is 0.333. The molecule has 1 aromatic carbocycles. The Morgan fingerprint density at radius 2 is 2.04 bits per heavy atom. The van der Waals surface area contributed by atoms with E-state index in [1.54, 1.807) is 7.11 Å². The molecule has 2 rings (SSSR count). The van der Waals surface area contributed by atoms with Gasteiger partial charge >= 0.3 is 0 Å². The van der Waals surface area contributed by atoms with Crippen molar-refractivity contribution >= 4 is 29.9 Å². The summed E-state index contributed by atoms with van der Waals surface area (Å²) in [6.45, 7) is 6.16. The molecule has 0 aliphatic heterocycles. The molecule has 2 N–H and O–H groups in total. The first kappa shape index (κ1) is 20.2. The van der Waals surface area contributed by atoms with Crippen molar-refractivity contribution in [3.05, 3.63) is 59.4 Å². The molecule has 0 aliphatic rings. The second-order valence-electron chi connectivity index (χ2n) is 5.17. The van der Waals surface area contributed by atoms with E-state index in [-0.39, 0.29) is 24.0 Å². The second kappa shape index (κ2) is 10.9. The summed E-state index contributed by atoms with van der Waals surface area (Å²) in [4.78, 5) is 9.00. The lowest BCUT2D eigenvalue weighted by molar-refractivity contribution is 0.414. The van der Waals surface area contributed by atoms with Crippen LogP contribution in [-0.4, -0.2) is 24.6 Å². The van der Waals surface area contributed by atoms with Gasteiger partial charge in [0.05, 0.1) is 25.9 Å². The number of rotatable bonds is 6. The van der Waals surface area contributed by atoms with E-state index < -0.39 is 0 Å². The van der Waals surface area contributed by atoms with Gasteiger partial charge in [0.25, 0.3) is 0 Å². The van der Waals surface area contributed by atoms with Crippen molar-refractivity contribution in [2.75, 3.05) is 13.7 Å². The number of nitrogens with zero attached hydrogens (tertiary/aromatic N) is 2. The Labute approximate surface area is 161 Å². The largest absolute Gasteiger partial charge is 0.497 e. The molecule has 2 aromatic rings. The van der Waals surface area contributed by atoms with E-state index in [4.69, 9.17) is 4.74 Å². The van der Waals surface area contributed by atoms with E-state index in [0.29, 0.717) is 13.1 Å². The average Bonchev–Trinajstić information content (AvgIpc) is 2.59. The molecule has 0 radical (unpaired) electrons. The Hall–Kier alpha value is -1.83. The molecule has 0 saturated heterocycles. The first-order valence-electron chi connectivity index (χ1n) is 7.78. The van der Waals surface area contributed by atoms with Gasteiger partial charge in [-0.15, -0.1) is 24.0 Å². The summed E-state index contributed by atoms with van der Waals surface area (Å²) >= 11 is 0. The minimum absolute atomic E-state index is 0. The molecule has 0 amide bonds. The van der Waals surface area contributed by atoms with Gasteiger partial charge < -0.3 is 15.4 Å². The van der Waals surface area contributed by atoms with Gasteiger partial charge in [0, 0.05) is 12.7 Å². The minimum atomic E-state index is 0. The van der Waals surface area contributed by atoms with Crippen molar-refractivity contribution in [2.24, 2.45) is 4.99 Å². The highest BCUT2D eigenvalue weighted by Crippen LogP contribution is 2.13. The van der Waals surface area contributed by atoms with Crippen LogP contribution in [0.15, 0.2) is 47.6 Å². The smallest absolute Gasteiger partial charge is 0.191 e. The number of guanidine groups is 1. The van der Waals surface area contributed by atoms with E-state index in [1.165, 1.54) is 5.56 Å². The van der Waals surface area contributed by atoms with Crippen LogP contribution in [0.2, 0.25) is 0 Å². The molecule has 24 heavy (non-hydrogen) atoms.